The highest BCUT2D eigenvalue weighted by Crippen LogP contribution is 2.27. The number of pyridine rings is 1. The van der Waals surface area contributed by atoms with Crippen molar-refractivity contribution in [1.82, 2.24) is 19.6 Å². The molecule has 0 spiro atoms. The Morgan fingerprint density at radius 1 is 1.06 bits per heavy atom. The van der Waals surface area contributed by atoms with E-state index in [-0.39, 0.29) is 5.91 Å². The van der Waals surface area contributed by atoms with Gasteiger partial charge in [0.05, 0.1) is 11.7 Å². The van der Waals surface area contributed by atoms with Crippen LogP contribution < -0.4 is 10.1 Å². The fourth-order valence-corrected chi connectivity index (χ4v) is 4.18. The van der Waals surface area contributed by atoms with Crippen molar-refractivity contribution in [3.05, 3.63) is 89.5 Å². The van der Waals surface area contributed by atoms with Gasteiger partial charge in [-0.2, -0.15) is 5.10 Å². The van der Waals surface area contributed by atoms with Gasteiger partial charge in [0.25, 0.3) is 0 Å². The molecule has 5 rings (SSSR count). The van der Waals surface area contributed by atoms with E-state index >= 15 is 0 Å². The van der Waals surface area contributed by atoms with Gasteiger partial charge in [-0.1, -0.05) is 12.1 Å². The van der Waals surface area contributed by atoms with E-state index in [1.54, 1.807) is 12.4 Å². The zero-order chi connectivity index (χ0) is 23.7. The Labute approximate surface area is 197 Å². The van der Waals surface area contributed by atoms with Crippen molar-refractivity contribution in [2.24, 2.45) is 0 Å². The van der Waals surface area contributed by atoms with Gasteiger partial charge in [-0.05, 0) is 80.8 Å². The number of fused-ring (bicyclic) bond motifs is 3. The molecule has 0 saturated carbocycles. The zero-order valence-electron chi connectivity index (χ0n) is 19.4. The first-order valence-corrected chi connectivity index (χ1v) is 11.2. The monoisotopic (exact) mass is 451 g/mol. The molecule has 170 valence electrons. The van der Waals surface area contributed by atoms with Crippen molar-refractivity contribution in [3.8, 4) is 11.5 Å². The standard InChI is InChI=1S/C27H25N5O2/c1-17-15-20(10-12-25(17)34-21-7-6-14-28-16-21)30-26(33)13-11-22-18(2)29-27-23-8-4-5-9-24(23)31-32(27)19(22)3/h4-10,12,14-16H,11,13H2,1-3H3,(H,30,33). The summed E-state index contributed by atoms with van der Waals surface area (Å²) in [5.74, 6) is 1.34. The Morgan fingerprint density at radius 3 is 2.71 bits per heavy atom. The molecule has 0 aliphatic rings. The van der Waals surface area contributed by atoms with E-state index in [9.17, 15) is 4.79 Å². The predicted molar refractivity (Wildman–Crippen MR) is 132 cm³/mol. The molecule has 1 N–H and O–H groups in total. The number of ether oxygens (including phenoxy) is 1. The van der Waals surface area contributed by atoms with Gasteiger partial charge >= 0.3 is 0 Å². The molecule has 3 aromatic heterocycles. The van der Waals surface area contributed by atoms with Gasteiger partial charge in [-0.25, -0.2) is 9.50 Å². The maximum absolute atomic E-state index is 12.7. The average molecular weight is 452 g/mol. The quantitative estimate of drug-likeness (QED) is 0.365. The van der Waals surface area contributed by atoms with Crippen molar-refractivity contribution in [2.45, 2.75) is 33.6 Å². The fourth-order valence-electron chi connectivity index (χ4n) is 4.18. The van der Waals surface area contributed by atoms with Crippen LogP contribution in [0.3, 0.4) is 0 Å². The van der Waals surface area contributed by atoms with Gasteiger partial charge in [0.15, 0.2) is 5.65 Å². The fraction of sp³-hybridized carbons (Fsp3) is 0.185. The Kier molecular flexibility index (Phi) is 5.67. The van der Waals surface area contributed by atoms with Crippen molar-refractivity contribution >= 4 is 28.1 Å². The van der Waals surface area contributed by atoms with Gasteiger partial charge in [0.2, 0.25) is 5.91 Å². The molecule has 34 heavy (non-hydrogen) atoms. The number of carbonyl (C=O) groups excluding carboxylic acids is 1. The molecule has 3 heterocycles. The van der Waals surface area contributed by atoms with Crippen LogP contribution in [0.4, 0.5) is 5.69 Å². The Balaban J connectivity index is 1.28. The van der Waals surface area contributed by atoms with Gasteiger partial charge in [0.1, 0.15) is 11.5 Å². The molecule has 2 aromatic carbocycles. The molecule has 0 bridgehead atoms. The molecular weight excluding hydrogens is 426 g/mol. The van der Waals surface area contributed by atoms with Crippen molar-refractivity contribution in [2.75, 3.05) is 5.32 Å². The average Bonchev–Trinajstić information content (AvgIpc) is 3.20. The van der Waals surface area contributed by atoms with E-state index in [1.807, 2.05) is 79.9 Å². The molecule has 5 aromatic rings. The largest absolute Gasteiger partial charge is 0.455 e. The van der Waals surface area contributed by atoms with Crippen molar-refractivity contribution < 1.29 is 9.53 Å². The normalized spacial score (nSPS) is 11.1. The van der Waals surface area contributed by atoms with E-state index in [0.717, 1.165) is 50.5 Å². The lowest BCUT2D eigenvalue weighted by atomic mass is 10.1. The number of nitrogens with one attached hydrogen (secondary N) is 1. The first-order valence-electron chi connectivity index (χ1n) is 11.2. The molecule has 0 aliphatic carbocycles. The third-order valence-electron chi connectivity index (χ3n) is 5.94. The maximum atomic E-state index is 12.7. The van der Waals surface area contributed by atoms with Gasteiger partial charge in [-0.3, -0.25) is 9.78 Å². The number of rotatable bonds is 6. The number of aryl methyl sites for hydroxylation is 3. The number of anilines is 1. The van der Waals surface area contributed by atoms with E-state index in [0.29, 0.717) is 18.6 Å². The minimum absolute atomic E-state index is 0.0511. The van der Waals surface area contributed by atoms with Crippen LogP contribution in [-0.4, -0.2) is 25.5 Å². The van der Waals surface area contributed by atoms with Crippen LogP contribution in [-0.2, 0) is 11.2 Å². The van der Waals surface area contributed by atoms with Crippen molar-refractivity contribution in [3.63, 3.8) is 0 Å². The highest BCUT2D eigenvalue weighted by molar-refractivity contribution is 5.92. The van der Waals surface area contributed by atoms with Crippen molar-refractivity contribution in [1.29, 1.82) is 0 Å². The Bertz CT molecular complexity index is 1510. The number of carbonyl (C=O) groups is 1. The molecule has 7 heteroatoms. The maximum Gasteiger partial charge on any atom is 0.224 e. The number of amides is 1. The summed E-state index contributed by atoms with van der Waals surface area (Å²) in [5.41, 5.74) is 6.42. The minimum atomic E-state index is -0.0511. The Hall–Kier alpha value is -4.26. The second kappa shape index (κ2) is 8.94. The highest BCUT2D eigenvalue weighted by Gasteiger charge is 2.15. The summed E-state index contributed by atoms with van der Waals surface area (Å²) in [6.07, 6.45) is 4.30. The smallest absolute Gasteiger partial charge is 0.224 e. The third kappa shape index (κ3) is 4.20. The first-order chi connectivity index (χ1) is 16.5. The number of hydrogen-bond acceptors (Lipinski definition) is 5. The van der Waals surface area contributed by atoms with E-state index in [2.05, 4.69) is 10.3 Å². The molecule has 0 unspecified atom stereocenters. The lowest BCUT2D eigenvalue weighted by Gasteiger charge is -2.12. The van der Waals surface area contributed by atoms with Crippen LogP contribution in [0.5, 0.6) is 11.5 Å². The SMILES string of the molecule is Cc1cc(NC(=O)CCc2c(C)nc3c4ccccc4nn3c2C)ccc1Oc1cccnc1. The zero-order valence-corrected chi connectivity index (χ0v) is 19.4. The van der Waals surface area contributed by atoms with Gasteiger partial charge in [-0.15, -0.1) is 0 Å². The van der Waals surface area contributed by atoms with Crippen LogP contribution in [0.25, 0.3) is 16.6 Å². The van der Waals surface area contributed by atoms with Crippen LogP contribution in [0.15, 0.2) is 67.0 Å². The molecule has 0 atom stereocenters. The molecule has 0 radical (unpaired) electrons. The lowest BCUT2D eigenvalue weighted by Crippen LogP contribution is -2.14. The summed E-state index contributed by atoms with van der Waals surface area (Å²) in [7, 11) is 0. The minimum Gasteiger partial charge on any atom is -0.455 e. The second-order valence-corrected chi connectivity index (χ2v) is 8.33. The van der Waals surface area contributed by atoms with Crippen LogP contribution in [0, 0.1) is 20.8 Å². The summed E-state index contributed by atoms with van der Waals surface area (Å²) in [5, 5.41) is 8.72. The van der Waals surface area contributed by atoms with E-state index in [4.69, 9.17) is 14.8 Å². The summed E-state index contributed by atoms with van der Waals surface area (Å²) in [6.45, 7) is 5.97. The molecule has 0 fully saturated rings. The van der Waals surface area contributed by atoms with Crippen LogP contribution in [0.2, 0.25) is 0 Å². The van der Waals surface area contributed by atoms with E-state index < -0.39 is 0 Å². The van der Waals surface area contributed by atoms with Crippen LogP contribution >= 0.6 is 0 Å². The third-order valence-corrected chi connectivity index (χ3v) is 5.94. The first kappa shape index (κ1) is 21.6. The van der Waals surface area contributed by atoms with Gasteiger partial charge in [0, 0.05) is 35.1 Å². The highest BCUT2D eigenvalue weighted by atomic mass is 16.5. The lowest BCUT2D eigenvalue weighted by molar-refractivity contribution is -0.116. The molecule has 1 amide bonds. The summed E-state index contributed by atoms with van der Waals surface area (Å²) in [6, 6.07) is 17.3. The summed E-state index contributed by atoms with van der Waals surface area (Å²) in [4.78, 5) is 21.6. The number of nitrogens with zero attached hydrogens (tertiary/aromatic N) is 4. The van der Waals surface area contributed by atoms with E-state index in [1.165, 1.54) is 0 Å². The molecule has 0 saturated heterocycles. The van der Waals surface area contributed by atoms with Crippen LogP contribution in [0.1, 0.15) is 28.9 Å². The topological polar surface area (TPSA) is 81.4 Å². The second-order valence-electron chi connectivity index (χ2n) is 8.33. The molecular formula is C27H25N5O2. The Morgan fingerprint density at radius 2 is 1.91 bits per heavy atom. The summed E-state index contributed by atoms with van der Waals surface area (Å²) < 4.78 is 7.75. The number of benzene rings is 2. The number of hydrogen-bond donors (Lipinski definition) is 1. The summed E-state index contributed by atoms with van der Waals surface area (Å²) >= 11 is 0. The molecule has 7 nitrogen and oxygen atoms in total. The molecule has 0 aliphatic heterocycles. The van der Waals surface area contributed by atoms with Gasteiger partial charge < -0.3 is 10.1 Å². The number of aromatic nitrogens is 4. The predicted octanol–water partition coefficient (Wildman–Crippen LogP) is 5.57.